The lowest BCUT2D eigenvalue weighted by molar-refractivity contribution is 0.680. The van der Waals surface area contributed by atoms with Gasteiger partial charge in [0.25, 0.3) is 0 Å². The van der Waals surface area contributed by atoms with Crippen molar-refractivity contribution in [2.24, 2.45) is 0 Å². The number of anilines is 2. The maximum absolute atomic E-state index is 2.61. The highest BCUT2D eigenvalue weighted by Gasteiger charge is 2.45. The van der Waals surface area contributed by atoms with E-state index in [1.54, 1.807) is 20.7 Å². The first kappa shape index (κ1) is 27.4. The van der Waals surface area contributed by atoms with E-state index in [4.69, 9.17) is 0 Å². The predicted molar refractivity (Wildman–Crippen MR) is 204 cm³/mol. The Morgan fingerprint density at radius 2 is 1.63 bits per heavy atom. The average Bonchev–Trinajstić information content (AvgIpc) is 3.58. The zero-order valence-electron chi connectivity index (χ0n) is 26.3. The van der Waals surface area contributed by atoms with Gasteiger partial charge in [-0.1, -0.05) is 124 Å². The molecule has 0 N–H and O–H groups in total. The van der Waals surface area contributed by atoms with Gasteiger partial charge in [0.05, 0.1) is 5.69 Å². The third-order valence-corrected chi connectivity index (χ3v) is 16.9. The molecule has 1 aromatic heterocycles. The number of hydrogen-bond acceptors (Lipinski definition) is 3. The van der Waals surface area contributed by atoms with Gasteiger partial charge in [0.1, 0.15) is 8.07 Å². The van der Waals surface area contributed by atoms with Crippen LogP contribution >= 0.6 is 23.1 Å². The van der Waals surface area contributed by atoms with Crippen LogP contribution in [-0.4, -0.2) is 14.8 Å². The highest BCUT2D eigenvalue weighted by Crippen LogP contribution is 2.51. The molecule has 0 saturated heterocycles. The summed E-state index contributed by atoms with van der Waals surface area (Å²) in [5, 5.41) is 6.79. The molecule has 0 atom stereocenters. The van der Waals surface area contributed by atoms with Gasteiger partial charge < -0.3 is 4.90 Å². The van der Waals surface area contributed by atoms with Crippen molar-refractivity contribution >= 4 is 86.1 Å². The summed E-state index contributed by atoms with van der Waals surface area (Å²) in [6, 6.07) is 40.2. The van der Waals surface area contributed by atoms with Crippen molar-refractivity contribution in [3.63, 3.8) is 0 Å². The fraction of sp³-hybridized carbons (Fsp3) is 0.171. The van der Waals surface area contributed by atoms with Crippen molar-refractivity contribution in [1.82, 2.24) is 0 Å². The Bertz CT molecular complexity index is 2280. The Morgan fingerprint density at radius 3 is 2.59 bits per heavy atom. The van der Waals surface area contributed by atoms with Gasteiger partial charge in [-0.15, -0.1) is 11.3 Å². The van der Waals surface area contributed by atoms with Gasteiger partial charge in [-0.05, 0) is 95.5 Å². The van der Waals surface area contributed by atoms with Crippen LogP contribution in [0, 0.1) is 0 Å². The molecule has 46 heavy (non-hydrogen) atoms. The Morgan fingerprint density at radius 1 is 0.739 bits per heavy atom. The first-order chi connectivity index (χ1) is 22.6. The van der Waals surface area contributed by atoms with Crippen molar-refractivity contribution in [2.45, 2.75) is 50.1 Å². The summed E-state index contributed by atoms with van der Waals surface area (Å²) in [4.78, 5) is 5.56. The molecule has 6 aromatic rings. The molecule has 0 bridgehead atoms. The number of para-hydroxylation sites is 1. The molecule has 0 amide bonds. The summed E-state index contributed by atoms with van der Waals surface area (Å²) < 4.78 is 1.39. The molecule has 5 heteroatoms. The molecular formula is C41H34BNS2Si. The van der Waals surface area contributed by atoms with Gasteiger partial charge in [-0.25, -0.2) is 0 Å². The van der Waals surface area contributed by atoms with Gasteiger partial charge in [0.2, 0.25) is 6.71 Å². The van der Waals surface area contributed by atoms with Crippen LogP contribution in [0.1, 0.15) is 36.8 Å². The molecule has 0 fully saturated rings. The van der Waals surface area contributed by atoms with E-state index in [1.165, 1.54) is 84.5 Å². The molecule has 4 aliphatic rings. The summed E-state index contributed by atoms with van der Waals surface area (Å²) >= 11 is 3.87. The highest BCUT2D eigenvalue weighted by molar-refractivity contribution is 8.03. The van der Waals surface area contributed by atoms with Crippen LogP contribution < -0.4 is 31.7 Å². The lowest BCUT2D eigenvalue weighted by Crippen LogP contribution is -2.78. The summed E-state index contributed by atoms with van der Waals surface area (Å²) in [5.74, 6) is 0. The van der Waals surface area contributed by atoms with E-state index in [0.717, 1.165) is 12.8 Å². The second-order valence-corrected chi connectivity index (χ2v) is 20.3. The lowest BCUT2D eigenvalue weighted by Gasteiger charge is -2.42. The fourth-order valence-corrected chi connectivity index (χ4v) is 14.3. The normalized spacial score (nSPS) is 17.3. The summed E-state index contributed by atoms with van der Waals surface area (Å²) in [6.07, 6.45) is 5.95. The molecule has 4 heterocycles. The number of allylic oxidation sites excluding steroid dienone is 2. The number of thiophene rings is 1. The summed E-state index contributed by atoms with van der Waals surface area (Å²) in [7, 11) is -1.88. The predicted octanol–water partition coefficient (Wildman–Crippen LogP) is 8.15. The topological polar surface area (TPSA) is 3.24 Å². The quantitative estimate of drug-likeness (QED) is 0.175. The zero-order valence-corrected chi connectivity index (χ0v) is 28.9. The van der Waals surface area contributed by atoms with E-state index < -0.39 is 8.07 Å². The molecule has 5 aromatic carbocycles. The zero-order chi connectivity index (χ0) is 30.6. The van der Waals surface area contributed by atoms with E-state index in [0.29, 0.717) is 0 Å². The van der Waals surface area contributed by atoms with Crippen molar-refractivity contribution in [2.75, 3.05) is 4.90 Å². The third-order valence-electron chi connectivity index (χ3n) is 11.1. The van der Waals surface area contributed by atoms with E-state index in [2.05, 4.69) is 127 Å². The Balaban J connectivity index is 1.17. The molecule has 0 saturated carbocycles. The van der Waals surface area contributed by atoms with Crippen molar-refractivity contribution in [3.05, 3.63) is 130 Å². The summed E-state index contributed by atoms with van der Waals surface area (Å²) in [6.45, 7) is 5.41. The van der Waals surface area contributed by atoms with E-state index in [9.17, 15) is 0 Å². The molecule has 0 unspecified atom stereocenters. The second kappa shape index (κ2) is 10.1. The minimum absolute atomic E-state index is 0.274. The van der Waals surface area contributed by atoms with E-state index in [1.807, 2.05) is 23.1 Å². The van der Waals surface area contributed by atoms with Crippen LogP contribution in [0.25, 0.3) is 21.2 Å². The maximum atomic E-state index is 2.61. The number of nitrogens with zero attached hydrogens (tertiary/aromatic N) is 1. The van der Waals surface area contributed by atoms with Crippen molar-refractivity contribution in [3.8, 4) is 11.1 Å². The van der Waals surface area contributed by atoms with Gasteiger partial charge in [0.15, 0.2) is 0 Å². The first-order valence-electron chi connectivity index (χ1n) is 16.7. The van der Waals surface area contributed by atoms with Gasteiger partial charge in [-0.2, -0.15) is 0 Å². The largest absolute Gasteiger partial charge is 0.312 e. The minimum atomic E-state index is -1.88. The van der Waals surface area contributed by atoms with Crippen LogP contribution in [0.4, 0.5) is 11.4 Å². The molecule has 222 valence electrons. The monoisotopic (exact) mass is 643 g/mol. The van der Waals surface area contributed by atoms with Gasteiger partial charge in [-0.3, -0.25) is 0 Å². The van der Waals surface area contributed by atoms with Gasteiger partial charge >= 0.3 is 0 Å². The maximum Gasteiger partial charge on any atom is 0.241 e. The highest BCUT2D eigenvalue weighted by atomic mass is 32.2. The van der Waals surface area contributed by atoms with Gasteiger partial charge in [0, 0.05) is 25.9 Å². The van der Waals surface area contributed by atoms with Crippen LogP contribution in [0.3, 0.4) is 0 Å². The molecule has 10 rings (SSSR count). The molecule has 0 radical (unpaired) electrons. The SMILES string of the molecule is C[Si]1(C)c2ccc(-c3cccc4ccsc34)cc2B2c3ccc(N4C5=C(CCCC5)Sc5ccccc54)cc3Cc3cccc1c32. The van der Waals surface area contributed by atoms with Crippen LogP contribution in [0.5, 0.6) is 0 Å². The Hall–Kier alpha value is -3.77. The smallest absolute Gasteiger partial charge is 0.241 e. The molecular weight excluding hydrogens is 609 g/mol. The number of thioether (sulfide) groups is 1. The fourth-order valence-electron chi connectivity index (χ4n) is 8.92. The van der Waals surface area contributed by atoms with Crippen LogP contribution in [0.2, 0.25) is 13.1 Å². The molecule has 3 aliphatic heterocycles. The average molecular weight is 644 g/mol. The second-order valence-electron chi connectivity index (χ2n) is 13.9. The van der Waals surface area contributed by atoms with Crippen LogP contribution in [-0.2, 0) is 6.42 Å². The van der Waals surface area contributed by atoms with Crippen molar-refractivity contribution in [1.29, 1.82) is 0 Å². The number of rotatable bonds is 2. The molecule has 0 spiro atoms. The van der Waals surface area contributed by atoms with E-state index in [-0.39, 0.29) is 6.71 Å². The molecule has 1 aliphatic carbocycles. The summed E-state index contributed by atoms with van der Waals surface area (Å²) in [5.41, 5.74) is 14.5. The number of fused-ring (bicyclic) bond motifs is 6. The molecule has 1 nitrogen and oxygen atoms in total. The number of hydrogen-bond donors (Lipinski definition) is 0. The van der Waals surface area contributed by atoms with Crippen molar-refractivity contribution < 1.29 is 0 Å². The Labute approximate surface area is 281 Å². The minimum Gasteiger partial charge on any atom is -0.312 e. The standard InChI is InChI=1S/C41H34BNS2Si/c1-46(2)38-20-17-27(31-11-7-9-26-21-22-44-41(26)31)25-33(38)42-32-19-18-30(24-29(32)23-28-10-8-16-39(46)40(28)42)43-34-12-3-5-14-36(34)45-37-15-6-4-13-35(37)43/h3,5,7-12,14,16-22,24-25H,4,6,13,15,23H2,1-2H3. The number of benzene rings is 5. The first-order valence-corrected chi connectivity index (χ1v) is 21.4. The van der Waals surface area contributed by atoms with Crippen LogP contribution in [0.15, 0.2) is 124 Å². The lowest BCUT2D eigenvalue weighted by atomic mass is 9.33. The van der Waals surface area contributed by atoms with E-state index >= 15 is 0 Å². The third kappa shape index (κ3) is 3.89. The Kier molecular flexibility index (Phi) is 6.01.